The molecule has 0 aliphatic carbocycles. The van der Waals surface area contributed by atoms with Gasteiger partial charge in [0.15, 0.2) is 0 Å². The van der Waals surface area contributed by atoms with Crippen LogP contribution in [0.1, 0.15) is 36.3 Å². The standard InChI is InChI=1S/C16H20ClNO2/c1-4-8-18-16(13-7-9-20-11(13)2)14-6-5-12(19-3)10-15(14)17/h5-7,9-10,16,18H,4,8H2,1-3H3. The number of ether oxygens (including phenoxy) is 1. The highest BCUT2D eigenvalue weighted by molar-refractivity contribution is 6.31. The molecule has 2 rings (SSSR count). The molecule has 1 atom stereocenters. The molecule has 0 saturated heterocycles. The van der Waals surface area contributed by atoms with Crippen LogP contribution < -0.4 is 10.1 Å². The first kappa shape index (κ1) is 14.9. The molecule has 1 heterocycles. The molecule has 4 heteroatoms. The third-order valence-corrected chi connectivity index (χ3v) is 3.65. The number of hydrogen-bond donors (Lipinski definition) is 1. The maximum Gasteiger partial charge on any atom is 0.120 e. The zero-order chi connectivity index (χ0) is 14.5. The summed E-state index contributed by atoms with van der Waals surface area (Å²) in [6.45, 7) is 5.02. The summed E-state index contributed by atoms with van der Waals surface area (Å²) in [5, 5.41) is 4.22. The van der Waals surface area contributed by atoms with Gasteiger partial charge in [-0.2, -0.15) is 0 Å². The molecule has 0 fully saturated rings. The van der Waals surface area contributed by atoms with Crippen LogP contribution in [-0.4, -0.2) is 13.7 Å². The smallest absolute Gasteiger partial charge is 0.120 e. The lowest BCUT2D eigenvalue weighted by molar-refractivity contribution is 0.414. The van der Waals surface area contributed by atoms with Crippen LogP contribution in [0.4, 0.5) is 0 Å². The largest absolute Gasteiger partial charge is 0.497 e. The summed E-state index contributed by atoms with van der Waals surface area (Å²) in [6, 6.07) is 7.79. The van der Waals surface area contributed by atoms with Crippen molar-refractivity contribution in [3.05, 3.63) is 52.4 Å². The fraction of sp³-hybridized carbons (Fsp3) is 0.375. The fourth-order valence-electron chi connectivity index (χ4n) is 2.24. The molecular formula is C16H20ClNO2. The Labute approximate surface area is 124 Å². The molecule has 1 aromatic heterocycles. The second kappa shape index (κ2) is 6.82. The van der Waals surface area contributed by atoms with E-state index in [1.807, 2.05) is 31.2 Å². The van der Waals surface area contributed by atoms with Crippen LogP contribution in [0.25, 0.3) is 0 Å². The summed E-state index contributed by atoms with van der Waals surface area (Å²) in [5.74, 6) is 1.67. The van der Waals surface area contributed by atoms with Crippen molar-refractivity contribution in [2.75, 3.05) is 13.7 Å². The van der Waals surface area contributed by atoms with Crippen molar-refractivity contribution in [1.29, 1.82) is 0 Å². The highest BCUT2D eigenvalue weighted by Crippen LogP contribution is 2.32. The molecule has 108 valence electrons. The molecule has 2 aromatic rings. The SMILES string of the molecule is CCCNC(c1ccc(OC)cc1Cl)c1ccoc1C. The van der Waals surface area contributed by atoms with E-state index in [0.717, 1.165) is 35.6 Å². The molecule has 0 bridgehead atoms. The average molecular weight is 294 g/mol. The van der Waals surface area contributed by atoms with E-state index >= 15 is 0 Å². The number of furan rings is 1. The Kier molecular flexibility index (Phi) is 5.10. The Bertz CT molecular complexity index is 565. The second-order valence-corrected chi connectivity index (χ2v) is 5.11. The van der Waals surface area contributed by atoms with Crippen LogP contribution in [-0.2, 0) is 0 Å². The summed E-state index contributed by atoms with van der Waals surface area (Å²) in [6.07, 6.45) is 2.77. The van der Waals surface area contributed by atoms with Crippen molar-refractivity contribution in [3.63, 3.8) is 0 Å². The predicted octanol–water partition coefficient (Wildman–Crippen LogP) is 4.34. The van der Waals surface area contributed by atoms with Crippen LogP contribution in [0.2, 0.25) is 5.02 Å². The predicted molar refractivity (Wildman–Crippen MR) is 81.6 cm³/mol. The van der Waals surface area contributed by atoms with Gasteiger partial charge in [0, 0.05) is 10.6 Å². The minimum absolute atomic E-state index is 0.0344. The molecule has 20 heavy (non-hydrogen) atoms. The minimum atomic E-state index is 0.0344. The van der Waals surface area contributed by atoms with Crippen molar-refractivity contribution >= 4 is 11.6 Å². The number of methoxy groups -OCH3 is 1. The van der Waals surface area contributed by atoms with Crippen molar-refractivity contribution in [2.45, 2.75) is 26.3 Å². The first-order valence-electron chi connectivity index (χ1n) is 6.78. The lowest BCUT2D eigenvalue weighted by Gasteiger charge is -2.20. The molecule has 1 aromatic carbocycles. The lowest BCUT2D eigenvalue weighted by Crippen LogP contribution is -2.23. The monoisotopic (exact) mass is 293 g/mol. The van der Waals surface area contributed by atoms with E-state index in [1.165, 1.54) is 0 Å². The van der Waals surface area contributed by atoms with E-state index in [9.17, 15) is 0 Å². The Morgan fingerprint density at radius 3 is 2.65 bits per heavy atom. The van der Waals surface area contributed by atoms with Gasteiger partial charge >= 0.3 is 0 Å². The van der Waals surface area contributed by atoms with Crippen LogP contribution in [0, 0.1) is 6.92 Å². The Morgan fingerprint density at radius 1 is 1.30 bits per heavy atom. The summed E-state index contributed by atoms with van der Waals surface area (Å²) >= 11 is 6.40. The number of hydrogen-bond acceptors (Lipinski definition) is 3. The quantitative estimate of drug-likeness (QED) is 0.860. The maximum absolute atomic E-state index is 6.40. The number of benzene rings is 1. The van der Waals surface area contributed by atoms with Gasteiger partial charge in [0.05, 0.1) is 19.4 Å². The fourth-order valence-corrected chi connectivity index (χ4v) is 2.52. The van der Waals surface area contributed by atoms with Crippen LogP contribution in [0.3, 0.4) is 0 Å². The van der Waals surface area contributed by atoms with E-state index in [2.05, 4.69) is 12.2 Å². The van der Waals surface area contributed by atoms with Crippen molar-refractivity contribution < 1.29 is 9.15 Å². The third kappa shape index (κ3) is 3.17. The molecule has 0 amide bonds. The molecular weight excluding hydrogens is 274 g/mol. The molecule has 0 radical (unpaired) electrons. The van der Waals surface area contributed by atoms with Gasteiger partial charge in [0.1, 0.15) is 11.5 Å². The molecule has 0 saturated carbocycles. The molecule has 1 N–H and O–H groups in total. The van der Waals surface area contributed by atoms with Gasteiger partial charge in [-0.25, -0.2) is 0 Å². The Hall–Kier alpha value is -1.45. The van der Waals surface area contributed by atoms with Gasteiger partial charge in [-0.05, 0) is 43.7 Å². The van der Waals surface area contributed by atoms with Crippen LogP contribution >= 0.6 is 11.6 Å². The second-order valence-electron chi connectivity index (χ2n) is 4.71. The van der Waals surface area contributed by atoms with Gasteiger partial charge in [-0.3, -0.25) is 0 Å². The minimum Gasteiger partial charge on any atom is -0.497 e. The normalized spacial score (nSPS) is 12.4. The first-order valence-corrected chi connectivity index (χ1v) is 7.16. The zero-order valence-electron chi connectivity index (χ0n) is 12.1. The van der Waals surface area contributed by atoms with Crippen molar-refractivity contribution in [3.8, 4) is 5.75 Å². The molecule has 0 aliphatic heterocycles. The number of aryl methyl sites for hydroxylation is 1. The molecule has 0 spiro atoms. The van der Waals surface area contributed by atoms with Crippen molar-refractivity contribution in [1.82, 2.24) is 5.32 Å². The van der Waals surface area contributed by atoms with Gasteiger partial charge in [-0.1, -0.05) is 24.6 Å². The zero-order valence-corrected chi connectivity index (χ0v) is 12.8. The average Bonchev–Trinajstić information content (AvgIpc) is 2.87. The lowest BCUT2D eigenvalue weighted by atomic mass is 9.99. The Morgan fingerprint density at radius 2 is 2.10 bits per heavy atom. The number of rotatable bonds is 6. The number of halogens is 1. The topological polar surface area (TPSA) is 34.4 Å². The Balaban J connectivity index is 2.38. The summed E-state index contributed by atoms with van der Waals surface area (Å²) in [7, 11) is 1.64. The summed E-state index contributed by atoms with van der Waals surface area (Å²) in [4.78, 5) is 0. The highest BCUT2D eigenvalue weighted by Gasteiger charge is 2.20. The van der Waals surface area contributed by atoms with E-state index in [4.69, 9.17) is 20.8 Å². The van der Waals surface area contributed by atoms with Crippen LogP contribution in [0.15, 0.2) is 34.9 Å². The summed E-state index contributed by atoms with van der Waals surface area (Å²) < 4.78 is 10.6. The maximum atomic E-state index is 6.40. The summed E-state index contributed by atoms with van der Waals surface area (Å²) in [5.41, 5.74) is 2.15. The van der Waals surface area contributed by atoms with Gasteiger partial charge in [0.2, 0.25) is 0 Å². The first-order chi connectivity index (χ1) is 9.67. The van der Waals surface area contributed by atoms with E-state index in [-0.39, 0.29) is 6.04 Å². The highest BCUT2D eigenvalue weighted by atomic mass is 35.5. The van der Waals surface area contributed by atoms with Gasteiger partial charge in [-0.15, -0.1) is 0 Å². The van der Waals surface area contributed by atoms with Crippen molar-refractivity contribution in [2.24, 2.45) is 0 Å². The molecule has 0 aliphatic rings. The van der Waals surface area contributed by atoms with E-state index in [1.54, 1.807) is 13.4 Å². The van der Waals surface area contributed by atoms with Gasteiger partial charge in [0.25, 0.3) is 0 Å². The third-order valence-electron chi connectivity index (χ3n) is 3.33. The molecule has 3 nitrogen and oxygen atoms in total. The van der Waals surface area contributed by atoms with E-state index < -0.39 is 0 Å². The number of nitrogens with one attached hydrogen (secondary N) is 1. The van der Waals surface area contributed by atoms with E-state index in [0.29, 0.717) is 5.02 Å². The van der Waals surface area contributed by atoms with Crippen LogP contribution in [0.5, 0.6) is 5.75 Å². The van der Waals surface area contributed by atoms with Gasteiger partial charge < -0.3 is 14.5 Å². The molecule has 1 unspecified atom stereocenters.